The second-order valence-electron chi connectivity index (χ2n) is 8.02. The molecule has 31 heavy (non-hydrogen) atoms. The third-order valence-corrected chi connectivity index (χ3v) is 5.64. The summed E-state index contributed by atoms with van der Waals surface area (Å²) in [4.78, 5) is 26.8. The van der Waals surface area contributed by atoms with Crippen molar-refractivity contribution in [1.82, 2.24) is 4.90 Å². The topological polar surface area (TPSA) is 58.6 Å². The van der Waals surface area contributed by atoms with E-state index in [1.807, 2.05) is 72.8 Å². The number of aryl methyl sites for hydroxylation is 2. The summed E-state index contributed by atoms with van der Waals surface area (Å²) in [6.45, 7) is 5.09. The summed E-state index contributed by atoms with van der Waals surface area (Å²) in [6.07, 6.45) is 0.243. The Bertz CT molecular complexity index is 1080. The molecule has 5 nitrogen and oxygen atoms in total. The molecule has 0 unspecified atom stereocenters. The summed E-state index contributed by atoms with van der Waals surface area (Å²) in [5, 5.41) is 2.92. The Morgan fingerprint density at radius 3 is 2.39 bits per heavy atom. The molecule has 2 amide bonds. The van der Waals surface area contributed by atoms with Gasteiger partial charge in [0.05, 0.1) is 5.92 Å². The zero-order valence-corrected chi connectivity index (χ0v) is 17.8. The molecule has 3 aromatic rings. The monoisotopic (exact) mass is 414 g/mol. The van der Waals surface area contributed by atoms with Crippen LogP contribution in [0.1, 0.15) is 23.1 Å². The smallest absolute Gasteiger partial charge is 0.229 e. The Morgan fingerprint density at radius 2 is 1.68 bits per heavy atom. The number of likely N-dealkylation sites (tertiary alicyclic amines) is 1. The standard InChI is InChI=1S/C26H26N2O3/c1-18-8-11-24(14-19(18)2)31-23-12-9-22(10-13-23)27-26(30)21-15-25(29)28(17-21)16-20-6-4-3-5-7-20/h3-14,21H,15-17H2,1-2H3,(H,27,30)/t21-/m1/s1. The van der Waals surface area contributed by atoms with Gasteiger partial charge >= 0.3 is 0 Å². The van der Waals surface area contributed by atoms with E-state index in [2.05, 4.69) is 19.2 Å². The van der Waals surface area contributed by atoms with E-state index in [-0.39, 0.29) is 24.2 Å². The fourth-order valence-corrected chi connectivity index (χ4v) is 3.67. The van der Waals surface area contributed by atoms with Crippen molar-refractivity contribution in [3.05, 3.63) is 89.5 Å². The second-order valence-corrected chi connectivity index (χ2v) is 8.02. The molecule has 1 saturated heterocycles. The average Bonchev–Trinajstić information content (AvgIpc) is 3.13. The molecule has 1 atom stereocenters. The van der Waals surface area contributed by atoms with E-state index >= 15 is 0 Å². The summed E-state index contributed by atoms with van der Waals surface area (Å²) in [7, 11) is 0. The fraction of sp³-hybridized carbons (Fsp3) is 0.231. The van der Waals surface area contributed by atoms with Gasteiger partial charge in [0.25, 0.3) is 0 Å². The SMILES string of the molecule is Cc1ccc(Oc2ccc(NC(=O)[C@@H]3CC(=O)N(Cc4ccccc4)C3)cc2)cc1C. The number of rotatable bonds is 6. The average molecular weight is 415 g/mol. The molecule has 0 aliphatic carbocycles. The molecule has 1 heterocycles. The number of nitrogens with one attached hydrogen (secondary N) is 1. The second kappa shape index (κ2) is 9.04. The zero-order chi connectivity index (χ0) is 21.8. The largest absolute Gasteiger partial charge is 0.457 e. The Hall–Kier alpha value is -3.60. The molecule has 0 radical (unpaired) electrons. The Balaban J connectivity index is 1.33. The van der Waals surface area contributed by atoms with Gasteiger partial charge in [0.15, 0.2) is 0 Å². The van der Waals surface area contributed by atoms with Crippen molar-refractivity contribution < 1.29 is 14.3 Å². The van der Waals surface area contributed by atoms with E-state index in [4.69, 9.17) is 4.74 Å². The van der Waals surface area contributed by atoms with Gasteiger partial charge in [0, 0.05) is 25.2 Å². The highest BCUT2D eigenvalue weighted by atomic mass is 16.5. The minimum absolute atomic E-state index is 0.0149. The maximum Gasteiger partial charge on any atom is 0.229 e. The Morgan fingerprint density at radius 1 is 0.968 bits per heavy atom. The lowest BCUT2D eigenvalue weighted by atomic mass is 10.1. The molecule has 158 valence electrons. The zero-order valence-electron chi connectivity index (χ0n) is 17.8. The van der Waals surface area contributed by atoms with Crippen molar-refractivity contribution in [3.8, 4) is 11.5 Å². The van der Waals surface area contributed by atoms with Crippen LogP contribution in [0.4, 0.5) is 5.69 Å². The van der Waals surface area contributed by atoms with Gasteiger partial charge in [-0.15, -0.1) is 0 Å². The third kappa shape index (κ3) is 5.12. The van der Waals surface area contributed by atoms with E-state index in [1.54, 1.807) is 4.90 Å². The summed E-state index contributed by atoms with van der Waals surface area (Å²) >= 11 is 0. The molecule has 0 spiro atoms. The van der Waals surface area contributed by atoms with Gasteiger partial charge in [0.2, 0.25) is 11.8 Å². The first-order valence-electron chi connectivity index (χ1n) is 10.5. The number of nitrogens with zero attached hydrogens (tertiary/aromatic N) is 1. The lowest BCUT2D eigenvalue weighted by Crippen LogP contribution is -2.28. The van der Waals surface area contributed by atoms with E-state index in [0.29, 0.717) is 24.5 Å². The molecule has 0 saturated carbocycles. The maximum atomic E-state index is 12.7. The van der Waals surface area contributed by atoms with Crippen LogP contribution in [0.2, 0.25) is 0 Å². The highest BCUT2D eigenvalue weighted by molar-refractivity contribution is 5.97. The summed E-state index contributed by atoms with van der Waals surface area (Å²) < 4.78 is 5.89. The molecule has 1 fully saturated rings. The molecule has 1 aliphatic rings. The van der Waals surface area contributed by atoms with E-state index in [0.717, 1.165) is 11.3 Å². The molecule has 4 rings (SSSR count). The highest BCUT2D eigenvalue weighted by Crippen LogP contribution is 2.26. The molecular weight excluding hydrogens is 388 g/mol. The summed E-state index contributed by atoms with van der Waals surface area (Å²) in [6, 6.07) is 23.1. The number of carbonyl (C=O) groups is 2. The lowest BCUT2D eigenvalue weighted by Gasteiger charge is -2.16. The van der Waals surface area contributed by atoms with Crippen molar-refractivity contribution in [1.29, 1.82) is 0 Å². The van der Waals surface area contributed by atoms with Crippen LogP contribution in [0, 0.1) is 19.8 Å². The van der Waals surface area contributed by atoms with Crippen LogP contribution >= 0.6 is 0 Å². The first-order valence-corrected chi connectivity index (χ1v) is 10.5. The van der Waals surface area contributed by atoms with Crippen LogP contribution in [0.25, 0.3) is 0 Å². The van der Waals surface area contributed by atoms with Crippen molar-refractivity contribution in [3.63, 3.8) is 0 Å². The number of ether oxygens (including phenoxy) is 1. The van der Waals surface area contributed by atoms with Gasteiger partial charge in [-0.25, -0.2) is 0 Å². The minimum Gasteiger partial charge on any atom is -0.457 e. The van der Waals surface area contributed by atoms with Gasteiger partial charge in [-0.1, -0.05) is 36.4 Å². The van der Waals surface area contributed by atoms with Crippen LogP contribution in [-0.2, 0) is 16.1 Å². The molecule has 1 aliphatic heterocycles. The number of hydrogen-bond acceptors (Lipinski definition) is 3. The van der Waals surface area contributed by atoms with Crippen LogP contribution in [0.5, 0.6) is 11.5 Å². The number of benzene rings is 3. The van der Waals surface area contributed by atoms with Gasteiger partial charge < -0.3 is 15.0 Å². The predicted molar refractivity (Wildman–Crippen MR) is 121 cm³/mol. The lowest BCUT2D eigenvalue weighted by molar-refractivity contribution is -0.128. The molecule has 0 bridgehead atoms. The molecular formula is C26H26N2O3. The Kier molecular flexibility index (Phi) is 6.03. The number of anilines is 1. The van der Waals surface area contributed by atoms with E-state index in [1.165, 1.54) is 11.1 Å². The first kappa shape index (κ1) is 20.7. The van der Waals surface area contributed by atoms with Gasteiger partial charge in [0.1, 0.15) is 11.5 Å². The van der Waals surface area contributed by atoms with Crippen LogP contribution in [0.15, 0.2) is 72.8 Å². The number of amides is 2. The van der Waals surface area contributed by atoms with E-state index < -0.39 is 0 Å². The molecule has 0 aromatic heterocycles. The van der Waals surface area contributed by atoms with Crippen molar-refractivity contribution in [2.24, 2.45) is 5.92 Å². The van der Waals surface area contributed by atoms with Gasteiger partial charge in [-0.2, -0.15) is 0 Å². The molecule has 1 N–H and O–H groups in total. The summed E-state index contributed by atoms with van der Waals surface area (Å²) in [5.74, 6) is 1.02. The van der Waals surface area contributed by atoms with E-state index in [9.17, 15) is 9.59 Å². The van der Waals surface area contributed by atoms with Gasteiger partial charge in [-0.05, 0) is 66.9 Å². The number of carbonyl (C=O) groups excluding carboxylic acids is 2. The fourth-order valence-electron chi connectivity index (χ4n) is 3.67. The minimum atomic E-state index is -0.345. The predicted octanol–water partition coefficient (Wildman–Crippen LogP) is 5.08. The van der Waals surface area contributed by atoms with Gasteiger partial charge in [-0.3, -0.25) is 9.59 Å². The maximum absolute atomic E-state index is 12.7. The Labute approximate surface area is 182 Å². The van der Waals surface area contributed by atoms with Crippen LogP contribution in [-0.4, -0.2) is 23.3 Å². The van der Waals surface area contributed by atoms with Crippen LogP contribution in [0.3, 0.4) is 0 Å². The summed E-state index contributed by atoms with van der Waals surface area (Å²) in [5.41, 5.74) is 4.15. The highest BCUT2D eigenvalue weighted by Gasteiger charge is 2.34. The first-order chi connectivity index (χ1) is 15.0. The molecule has 5 heteroatoms. The quantitative estimate of drug-likeness (QED) is 0.612. The number of hydrogen-bond donors (Lipinski definition) is 1. The third-order valence-electron chi connectivity index (χ3n) is 5.64. The molecule has 3 aromatic carbocycles. The normalized spacial score (nSPS) is 15.7. The van der Waals surface area contributed by atoms with Crippen LogP contribution < -0.4 is 10.1 Å². The van der Waals surface area contributed by atoms with Crippen molar-refractivity contribution >= 4 is 17.5 Å². The van der Waals surface area contributed by atoms with Crippen molar-refractivity contribution in [2.75, 3.05) is 11.9 Å². The van der Waals surface area contributed by atoms with Crippen molar-refractivity contribution in [2.45, 2.75) is 26.8 Å².